The fourth-order valence-electron chi connectivity index (χ4n) is 0.893. The number of hydrogen-bond donors (Lipinski definition) is 0. The first kappa shape index (κ1) is 8.82. The molecule has 0 saturated heterocycles. The maximum Gasteiger partial charge on any atom is 0.127 e. The quantitative estimate of drug-likeness (QED) is 0.596. The molecule has 0 aliphatic carbocycles. The monoisotopic (exact) mass is 192 g/mol. The molecule has 0 aliphatic heterocycles. The van der Waals surface area contributed by atoms with Crippen molar-refractivity contribution in [3.63, 3.8) is 0 Å². The van der Waals surface area contributed by atoms with Crippen LogP contribution in [-0.4, -0.2) is 0 Å². The predicted molar refractivity (Wildman–Crippen MR) is 45.8 cm³/mol. The lowest BCUT2D eigenvalue weighted by Crippen LogP contribution is -1.88. The largest absolute Gasteiger partial charge is 0.207 e. The van der Waals surface area contributed by atoms with Gasteiger partial charge in [-0.3, -0.25) is 0 Å². The van der Waals surface area contributed by atoms with Crippen LogP contribution in [0.2, 0.25) is 10.0 Å². The molecule has 0 fully saturated rings. The fourth-order valence-corrected chi connectivity index (χ4v) is 1.36. The standard InChI is InChI=1S/C8H7Cl2F/c1-2-5-7(11)4-3-6(9)8(5)10/h3-4H,2H2,1H3. The number of hydrogen-bond acceptors (Lipinski definition) is 0. The molecule has 0 nitrogen and oxygen atoms in total. The fraction of sp³-hybridized carbons (Fsp3) is 0.250. The topological polar surface area (TPSA) is 0 Å². The Morgan fingerprint density at radius 2 is 2.00 bits per heavy atom. The van der Waals surface area contributed by atoms with E-state index >= 15 is 0 Å². The minimum atomic E-state index is -0.290. The Morgan fingerprint density at radius 3 is 2.45 bits per heavy atom. The molecule has 0 spiro atoms. The highest BCUT2D eigenvalue weighted by Gasteiger charge is 2.07. The van der Waals surface area contributed by atoms with Gasteiger partial charge in [-0.05, 0) is 18.6 Å². The van der Waals surface area contributed by atoms with E-state index in [1.165, 1.54) is 12.1 Å². The molecule has 60 valence electrons. The second kappa shape index (κ2) is 3.42. The van der Waals surface area contributed by atoms with Crippen LogP contribution in [0.15, 0.2) is 12.1 Å². The Hall–Kier alpha value is -0.270. The molecule has 3 heteroatoms. The van der Waals surface area contributed by atoms with Crippen molar-refractivity contribution >= 4 is 23.2 Å². The summed E-state index contributed by atoms with van der Waals surface area (Å²) in [6.45, 7) is 1.83. The van der Waals surface area contributed by atoms with Crippen molar-refractivity contribution in [2.75, 3.05) is 0 Å². The molecular formula is C8H7Cl2F. The lowest BCUT2D eigenvalue weighted by molar-refractivity contribution is 0.612. The van der Waals surface area contributed by atoms with E-state index in [2.05, 4.69) is 0 Å². The summed E-state index contributed by atoms with van der Waals surface area (Å²) in [7, 11) is 0. The SMILES string of the molecule is CCc1c(F)ccc(Cl)c1Cl. The van der Waals surface area contributed by atoms with Gasteiger partial charge in [-0.2, -0.15) is 0 Å². The maximum absolute atomic E-state index is 12.9. The van der Waals surface area contributed by atoms with Crippen LogP contribution in [0.3, 0.4) is 0 Å². The summed E-state index contributed by atoms with van der Waals surface area (Å²) in [5, 5.41) is 0.735. The van der Waals surface area contributed by atoms with Gasteiger partial charge < -0.3 is 0 Å². The van der Waals surface area contributed by atoms with Crippen molar-refractivity contribution in [3.8, 4) is 0 Å². The third-order valence-corrected chi connectivity index (χ3v) is 2.34. The van der Waals surface area contributed by atoms with E-state index in [4.69, 9.17) is 23.2 Å². The predicted octanol–water partition coefficient (Wildman–Crippen LogP) is 3.69. The van der Waals surface area contributed by atoms with Gasteiger partial charge in [-0.25, -0.2) is 4.39 Å². The van der Waals surface area contributed by atoms with E-state index in [0.29, 0.717) is 22.0 Å². The average Bonchev–Trinajstić information content (AvgIpc) is 1.99. The van der Waals surface area contributed by atoms with Crippen LogP contribution in [0.25, 0.3) is 0 Å². The molecule has 11 heavy (non-hydrogen) atoms. The summed E-state index contributed by atoms with van der Waals surface area (Å²) in [5.41, 5.74) is 0.485. The van der Waals surface area contributed by atoms with Gasteiger partial charge in [0.2, 0.25) is 0 Å². The van der Waals surface area contributed by atoms with Gasteiger partial charge in [0.25, 0.3) is 0 Å². The van der Waals surface area contributed by atoms with Gasteiger partial charge in [-0.15, -0.1) is 0 Å². The van der Waals surface area contributed by atoms with Gasteiger partial charge in [-0.1, -0.05) is 30.1 Å². The summed E-state index contributed by atoms with van der Waals surface area (Å²) in [6, 6.07) is 2.78. The lowest BCUT2D eigenvalue weighted by Gasteiger charge is -2.03. The van der Waals surface area contributed by atoms with Crippen LogP contribution in [0.4, 0.5) is 4.39 Å². The Bertz CT molecular complexity index is 271. The molecule has 1 aromatic rings. The van der Waals surface area contributed by atoms with E-state index < -0.39 is 0 Å². The van der Waals surface area contributed by atoms with Gasteiger partial charge in [0, 0.05) is 5.56 Å². The molecule has 0 N–H and O–H groups in total. The Labute approximate surface area is 74.9 Å². The van der Waals surface area contributed by atoms with E-state index in [1.54, 1.807) is 0 Å². The normalized spacial score (nSPS) is 10.2. The highest BCUT2D eigenvalue weighted by atomic mass is 35.5. The zero-order valence-electron chi connectivity index (χ0n) is 6.00. The lowest BCUT2D eigenvalue weighted by atomic mass is 10.1. The molecule has 0 aliphatic rings. The maximum atomic E-state index is 12.9. The van der Waals surface area contributed by atoms with Crippen LogP contribution in [0.1, 0.15) is 12.5 Å². The molecule has 0 atom stereocenters. The molecule has 0 amide bonds. The van der Waals surface area contributed by atoms with Gasteiger partial charge in [0.1, 0.15) is 5.82 Å². The Kier molecular flexibility index (Phi) is 2.74. The highest BCUT2D eigenvalue weighted by Crippen LogP contribution is 2.27. The first-order valence-corrected chi connectivity index (χ1v) is 4.04. The number of halogens is 3. The van der Waals surface area contributed by atoms with Crippen LogP contribution < -0.4 is 0 Å². The Morgan fingerprint density at radius 1 is 1.36 bits per heavy atom. The molecule has 0 unspecified atom stereocenters. The molecule has 0 radical (unpaired) electrons. The smallest absolute Gasteiger partial charge is 0.127 e. The van der Waals surface area contributed by atoms with Gasteiger partial charge in [0.15, 0.2) is 0 Å². The van der Waals surface area contributed by atoms with Crippen LogP contribution >= 0.6 is 23.2 Å². The van der Waals surface area contributed by atoms with Crippen LogP contribution in [0, 0.1) is 5.82 Å². The summed E-state index contributed by atoms with van der Waals surface area (Å²) in [4.78, 5) is 0. The third-order valence-electron chi connectivity index (χ3n) is 1.49. The molecular weight excluding hydrogens is 186 g/mol. The second-order valence-electron chi connectivity index (χ2n) is 2.18. The summed E-state index contributed by atoms with van der Waals surface area (Å²) < 4.78 is 12.9. The molecule has 1 aromatic carbocycles. The number of rotatable bonds is 1. The molecule has 0 aromatic heterocycles. The minimum absolute atomic E-state index is 0.290. The zero-order valence-corrected chi connectivity index (χ0v) is 7.51. The first-order valence-electron chi connectivity index (χ1n) is 3.29. The summed E-state index contributed by atoms with van der Waals surface area (Å²) in [5.74, 6) is -0.290. The van der Waals surface area contributed by atoms with E-state index in [-0.39, 0.29) is 5.82 Å². The van der Waals surface area contributed by atoms with Crippen molar-refractivity contribution in [2.24, 2.45) is 0 Å². The number of benzene rings is 1. The van der Waals surface area contributed by atoms with Gasteiger partial charge in [0.05, 0.1) is 10.0 Å². The van der Waals surface area contributed by atoms with Crippen molar-refractivity contribution in [1.29, 1.82) is 0 Å². The molecule has 0 saturated carbocycles. The third kappa shape index (κ3) is 1.66. The van der Waals surface area contributed by atoms with Crippen LogP contribution in [-0.2, 0) is 6.42 Å². The first-order chi connectivity index (χ1) is 5.16. The van der Waals surface area contributed by atoms with Crippen molar-refractivity contribution in [1.82, 2.24) is 0 Å². The molecule has 0 heterocycles. The van der Waals surface area contributed by atoms with Crippen molar-refractivity contribution in [2.45, 2.75) is 13.3 Å². The zero-order chi connectivity index (χ0) is 8.43. The van der Waals surface area contributed by atoms with Crippen molar-refractivity contribution in [3.05, 3.63) is 33.6 Å². The minimum Gasteiger partial charge on any atom is -0.207 e. The summed E-state index contributed by atoms with van der Waals surface area (Å²) >= 11 is 11.4. The Balaban J connectivity index is 3.29. The average molecular weight is 193 g/mol. The second-order valence-corrected chi connectivity index (χ2v) is 2.96. The van der Waals surface area contributed by atoms with Crippen LogP contribution in [0.5, 0.6) is 0 Å². The van der Waals surface area contributed by atoms with E-state index in [9.17, 15) is 4.39 Å². The van der Waals surface area contributed by atoms with E-state index in [1.807, 2.05) is 6.92 Å². The molecule has 0 bridgehead atoms. The summed E-state index contributed by atoms with van der Waals surface area (Å²) in [6.07, 6.45) is 0.561. The molecule has 1 rings (SSSR count). The van der Waals surface area contributed by atoms with E-state index in [0.717, 1.165) is 0 Å². The highest BCUT2D eigenvalue weighted by molar-refractivity contribution is 6.42. The van der Waals surface area contributed by atoms with Crippen molar-refractivity contribution < 1.29 is 4.39 Å². The van der Waals surface area contributed by atoms with Gasteiger partial charge >= 0.3 is 0 Å².